The van der Waals surface area contributed by atoms with E-state index < -0.39 is 0 Å². The molecule has 0 radical (unpaired) electrons. The number of hydrazine groups is 1. The van der Waals surface area contributed by atoms with Crippen LogP contribution in [0.2, 0.25) is 5.02 Å². The molecule has 14 heavy (non-hydrogen) atoms. The number of benzene rings is 1. The molecular formula is C10H10ClN3. The molecule has 2 rings (SSSR count). The molecule has 0 saturated heterocycles. The summed E-state index contributed by atoms with van der Waals surface area (Å²) in [7, 11) is 0. The predicted molar refractivity (Wildman–Crippen MR) is 59.3 cm³/mol. The number of fused-ring (bicyclic) bond motifs is 1. The van der Waals surface area contributed by atoms with E-state index in [-0.39, 0.29) is 0 Å². The van der Waals surface area contributed by atoms with Crippen molar-refractivity contribution in [1.82, 2.24) is 4.98 Å². The van der Waals surface area contributed by atoms with Crippen LogP contribution in [0.5, 0.6) is 0 Å². The molecule has 0 aliphatic carbocycles. The number of rotatable bonds is 1. The van der Waals surface area contributed by atoms with Crippen molar-refractivity contribution in [3.63, 3.8) is 0 Å². The second-order valence-corrected chi connectivity index (χ2v) is 3.56. The van der Waals surface area contributed by atoms with E-state index in [0.717, 1.165) is 16.3 Å². The van der Waals surface area contributed by atoms with Gasteiger partial charge in [0.1, 0.15) is 5.82 Å². The van der Waals surface area contributed by atoms with Gasteiger partial charge in [-0.1, -0.05) is 11.6 Å². The highest BCUT2D eigenvalue weighted by Crippen LogP contribution is 2.27. The van der Waals surface area contributed by atoms with Crippen molar-refractivity contribution in [3.05, 3.63) is 35.0 Å². The van der Waals surface area contributed by atoms with Gasteiger partial charge in [-0.25, -0.2) is 10.8 Å². The van der Waals surface area contributed by atoms with Crippen LogP contribution in [-0.4, -0.2) is 4.98 Å². The van der Waals surface area contributed by atoms with E-state index in [0.29, 0.717) is 10.8 Å². The van der Waals surface area contributed by atoms with Crippen LogP contribution in [0.25, 0.3) is 10.8 Å². The van der Waals surface area contributed by atoms with Crippen molar-refractivity contribution in [2.75, 3.05) is 5.43 Å². The Labute approximate surface area is 86.9 Å². The first-order valence-electron chi connectivity index (χ1n) is 4.24. The molecule has 0 spiro atoms. The first-order valence-corrected chi connectivity index (χ1v) is 4.61. The quantitative estimate of drug-likeness (QED) is 0.558. The number of nitrogens with one attached hydrogen (secondary N) is 1. The zero-order chi connectivity index (χ0) is 10.1. The predicted octanol–water partition coefficient (Wildman–Crippen LogP) is 2.48. The number of nitrogens with two attached hydrogens (primary N) is 1. The second kappa shape index (κ2) is 3.44. The standard InChI is InChI=1S/C10H10ClN3/c1-6-4-7(11)5-9-8(6)2-3-13-10(9)14-12/h2-5H,12H2,1H3,(H,13,14). The Morgan fingerprint density at radius 3 is 2.86 bits per heavy atom. The van der Waals surface area contributed by atoms with Gasteiger partial charge in [0, 0.05) is 16.6 Å². The highest BCUT2D eigenvalue weighted by atomic mass is 35.5. The lowest BCUT2D eigenvalue weighted by Crippen LogP contribution is -2.08. The van der Waals surface area contributed by atoms with Crippen LogP contribution in [0.1, 0.15) is 5.56 Å². The number of halogens is 1. The molecule has 4 heteroatoms. The third kappa shape index (κ3) is 1.41. The summed E-state index contributed by atoms with van der Waals surface area (Å²) >= 11 is 5.96. The molecule has 0 unspecified atom stereocenters. The number of nitrogen functional groups attached to an aromatic ring is 1. The molecule has 0 amide bonds. The van der Waals surface area contributed by atoms with Gasteiger partial charge < -0.3 is 5.43 Å². The Morgan fingerprint density at radius 1 is 1.36 bits per heavy atom. The smallest absolute Gasteiger partial charge is 0.147 e. The first kappa shape index (κ1) is 9.24. The van der Waals surface area contributed by atoms with Crippen molar-refractivity contribution >= 4 is 28.2 Å². The van der Waals surface area contributed by atoms with Crippen LogP contribution >= 0.6 is 11.6 Å². The monoisotopic (exact) mass is 207 g/mol. The van der Waals surface area contributed by atoms with Gasteiger partial charge in [0.2, 0.25) is 0 Å². The van der Waals surface area contributed by atoms with Crippen LogP contribution in [0.3, 0.4) is 0 Å². The largest absolute Gasteiger partial charge is 0.308 e. The zero-order valence-corrected chi connectivity index (χ0v) is 8.47. The summed E-state index contributed by atoms with van der Waals surface area (Å²) in [5.74, 6) is 6.01. The summed E-state index contributed by atoms with van der Waals surface area (Å²) in [5.41, 5.74) is 3.67. The molecule has 0 bridgehead atoms. The Morgan fingerprint density at radius 2 is 2.14 bits per heavy atom. The molecule has 1 heterocycles. The number of pyridine rings is 1. The van der Waals surface area contributed by atoms with Crippen LogP contribution in [0.15, 0.2) is 24.4 Å². The van der Waals surface area contributed by atoms with Gasteiger partial charge in [0.25, 0.3) is 0 Å². The van der Waals surface area contributed by atoms with Crippen molar-refractivity contribution in [2.24, 2.45) is 5.84 Å². The summed E-state index contributed by atoms with van der Waals surface area (Å²) in [6.45, 7) is 2.01. The van der Waals surface area contributed by atoms with Gasteiger partial charge in [-0.05, 0) is 36.1 Å². The van der Waals surface area contributed by atoms with Gasteiger partial charge in [-0.15, -0.1) is 0 Å². The van der Waals surface area contributed by atoms with E-state index in [9.17, 15) is 0 Å². The highest BCUT2D eigenvalue weighted by molar-refractivity contribution is 6.31. The lowest BCUT2D eigenvalue weighted by Gasteiger charge is -2.07. The molecule has 1 aromatic heterocycles. The maximum Gasteiger partial charge on any atom is 0.147 e. The van der Waals surface area contributed by atoms with Gasteiger partial charge in [0.05, 0.1) is 0 Å². The molecule has 0 aliphatic heterocycles. The normalized spacial score (nSPS) is 10.5. The Balaban J connectivity index is 2.86. The average Bonchev–Trinajstić information content (AvgIpc) is 2.17. The maximum atomic E-state index is 5.96. The van der Waals surface area contributed by atoms with Crippen molar-refractivity contribution in [3.8, 4) is 0 Å². The van der Waals surface area contributed by atoms with Crippen LogP contribution < -0.4 is 11.3 Å². The minimum atomic E-state index is 0.646. The van der Waals surface area contributed by atoms with E-state index >= 15 is 0 Å². The van der Waals surface area contributed by atoms with Gasteiger partial charge in [-0.3, -0.25) is 0 Å². The Kier molecular flexibility index (Phi) is 2.27. The molecule has 2 aromatic rings. The third-order valence-electron chi connectivity index (χ3n) is 2.19. The minimum absolute atomic E-state index is 0.646. The van der Waals surface area contributed by atoms with Gasteiger partial charge in [0.15, 0.2) is 0 Å². The van der Waals surface area contributed by atoms with E-state index in [1.807, 2.05) is 25.1 Å². The van der Waals surface area contributed by atoms with E-state index in [4.69, 9.17) is 17.4 Å². The minimum Gasteiger partial charge on any atom is -0.308 e. The summed E-state index contributed by atoms with van der Waals surface area (Å²) < 4.78 is 0. The molecule has 0 aliphatic rings. The van der Waals surface area contributed by atoms with Gasteiger partial charge in [-0.2, -0.15) is 0 Å². The SMILES string of the molecule is Cc1cc(Cl)cc2c(NN)nccc12. The molecule has 1 aromatic carbocycles. The Bertz CT molecular complexity index is 482. The fourth-order valence-electron chi connectivity index (χ4n) is 1.54. The van der Waals surface area contributed by atoms with Crippen LogP contribution in [-0.2, 0) is 0 Å². The summed E-state index contributed by atoms with van der Waals surface area (Å²) in [4.78, 5) is 4.11. The fraction of sp³-hybridized carbons (Fsp3) is 0.100. The van der Waals surface area contributed by atoms with Gasteiger partial charge >= 0.3 is 0 Å². The van der Waals surface area contributed by atoms with E-state index in [1.165, 1.54) is 0 Å². The lowest BCUT2D eigenvalue weighted by atomic mass is 10.1. The topological polar surface area (TPSA) is 50.9 Å². The molecule has 0 fully saturated rings. The molecule has 72 valence electrons. The molecule has 3 N–H and O–H groups in total. The van der Waals surface area contributed by atoms with Crippen molar-refractivity contribution in [1.29, 1.82) is 0 Å². The summed E-state index contributed by atoms with van der Waals surface area (Å²) in [5, 5.41) is 2.75. The fourth-order valence-corrected chi connectivity index (χ4v) is 1.82. The van der Waals surface area contributed by atoms with Crippen molar-refractivity contribution in [2.45, 2.75) is 6.92 Å². The van der Waals surface area contributed by atoms with Crippen LogP contribution in [0, 0.1) is 6.92 Å². The number of hydrogen-bond acceptors (Lipinski definition) is 3. The molecule has 3 nitrogen and oxygen atoms in total. The number of anilines is 1. The Hall–Kier alpha value is -1.32. The summed E-state index contributed by atoms with van der Waals surface area (Å²) in [6, 6.07) is 5.72. The van der Waals surface area contributed by atoms with Crippen LogP contribution in [0.4, 0.5) is 5.82 Å². The molecule has 0 saturated carbocycles. The lowest BCUT2D eigenvalue weighted by molar-refractivity contribution is 1.25. The first-order chi connectivity index (χ1) is 6.72. The number of nitrogens with zero attached hydrogens (tertiary/aromatic N) is 1. The van der Waals surface area contributed by atoms with Crippen molar-refractivity contribution < 1.29 is 0 Å². The number of hydrogen-bond donors (Lipinski definition) is 2. The van der Waals surface area contributed by atoms with E-state index in [1.54, 1.807) is 6.20 Å². The number of aromatic nitrogens is 1. The second-order valence-electron chi connectivity index (χ2n) is 3.12. The molecular weight excluding hydrogens is 198 g/mol. The average molecular weight is 208 g/mol. The highest BCUT2D eigenvalue weighted by Gasteiger charge is 2.04. The molecule has 0 atom stereocenters. The number of aryl methyl sites for hydroxylation is 1. The summed E-state index contributed by atoms with van der Waals surface area (Å²) in [6.07, 6.45) is 1.72. The third-order valence-corrected chi connectivity index (χ3v) is 2.41. The maximum absolute atomic E-state index is 5.96. The zero-order valence-electron chi connectivity index (χ0n) is 7.71. The van der Waals surface area contributed by atoms with E-state index in [2.05, 4.69) is 10.4 Å².